The van der Waals surface area contributed by atoms with Crippen LogP contribution in [-0.4, -0.2) is 0 Å². The zero-order chi connectivity index (χ0) is 14.9. The lowest BCUT2D eigenvalue weighted by molar-refractivity contribution is 0.448. The predicted octanol–water partition coefficient (Wildman–Crippen LogP) is 5.07. The minimum absolute atomic E-state index is 0.0677. The second-order valence-electron chi connectivity index (χ2n) is 4.26. The maximum Gasteiger partial charge on any atom is 0.196 e. The van der Waals surface area contributed by atoms with E-state index in [4.69, 9.17) is 11.6 Å². The first kappa shape index (κ1) is 14.7. The van der Waals surface area contributed by atoms with Crippen LogP contribution in [0.1, 0.15) is 18.5 Å². The average Bonchev–Trinajstić information content (AvgIpc) is 2.42. The first-order chi connectivity index (χ1) is 9.40. The van der Waals surface area contributed by atoms with E-state index >= 15 is 0 Å². The van der Waals surface area contributed by atoms with Gasteiger partial charge in [0.15, 0.2) is 17.5 Å². The SMILES string of the molecule is CC(Nc1ccc(F)c(F)c1F)c1ccc(F)c(Cl)c1. The number of rotatable bonds is 3. The van der Waals surface area contributed by atoms with Gasteiger partial charge in [0.25, 0.3) is 0 Å². The smallest absolute Gasteiger partial charge is 0.196 e. The zero-order valence-electron chi connectivity index (χ0n) is 10.4. The molecule has 0 heterocycles. The Kier molecular flexibility index (Phi) is 4.18. The van der Waals surface area contributed by atoms with Crippen molar-refractivity contribution in [2.45, 2.75) is 13.0 Å². The van der Waals surface area contributed by atoms with Gasteiger partial charge in [0.2, 0.25) is 0 Å². The summed E-state index contributed by atoms with van der Waals surface area (Å²) in [4.78, 5) is 0. The summed E-state index contributed by atoms with van der Waals surface area (Å²) in [5, 5.41) is 2.61. The quantitative estimate of drug-likeness (QED) is 0.616. The molecule has 1 nitrogen and oxygen atoms in total. The molecule has 0 aromatic heterocycles. The molecule has 0 saturated carbocycles. The molecule has 6 heteroatoms. The largest absolute Gasteiger partial charge is 0.376 e. The maximum absolute atomic E-state index is 13.5. The van der Waals surface area contributed by atoms with Crippen LogP contribution in [0.4, 0.5) is 23.2 Å². The molecular formula is C14H10ClF4N. The van der Waals surface area contributed by atoms with Crippen molar-refractivity contribution in [2.75, 3.05) is 5.32 Å². The molecular weight excluding hydrogens is 294 g/mol. The molecule has 0 radical (unpaired) electrons. The molecule has 0 aliphatic carbocycles. The summed E-state index contributed by atoms with van der Waals surface area (Å²) in [7, 11) is 0. The van der Waals surface area contributed by atoms with Crippen LogP contribution >= 0.6 is 11.6 Å². The van der Waals surface area contributed by atoms with Gasteiger partial charge in [0, 0.05) is 6.04 Å². The molecule has 1 unspecified atom stereocenters. The maximum atomic E-state index is 13.5. The lowest BCUT2D eigenvalue weighted by atomic mass is 10.1. The van der Waals surface area contributed by atoms with E-state index in [9.17, 15) is 17.6 Å². The number of halogens is 5. The first-order valence-corrected chi connectivity index (χ1v) is 6.13. The van der Waals surface area contributed by atoms with Gasteiger partial charge in [-0.05, 0) is 36.8 Å². The summed E-state index contributed by atoms with van der Waals surface area (Å²) >= 11 is 5.65. The van der Waals surface area contributed by atoms with Crippen LogP contribution in [0.25, 0.3) is 0 Å². The standard InChI is InChI=1S/C14H10ClF4N/c1-7(8-2-3-10(16)9(15)6-8)20-12-5-4-11(17)13(18)14(12)19/h2-7,20H,1H3. The molecule has 0 spiro atoms. The van der Waals surface area contributed by atoms with E-state index in [1.54, 1.807) is 6.92 Å². The lowest BCUT2D eigenvalue weighted by Crippen LogP contribution is -2.09. The molecule has 2 aromatic rings. The molecule has 0 bridgehead atoms. The van der Waals surface area contributed by atoms with E-state index in [2.05, 4.69) is 5.32 Å². The van der Waals surface area contributed by atoms with Crippen LogP contribution in [0.2, 0.25) is 5.02 Å². The van der Waals surface area contributed by atoms with Gasteiger partial charge < -0.3 is 5.32 Å². The van der Waals surface area contributed by atoms with Gasteiger partial charge in [-0.25, -0.2) is 17.6 Å². The van der Waals surface area contributed by atoms with E-state index in [1.165, 1.54) is 18.2 Å². The average molecular weight is 304 g/mol. The van der Waals surface area contributed by atoms with Gasteiger partial charge in [-0.15, -0.1) is 0 Å². The second kappa shape index (κ2) is 5.71. The van der Waals surface area contributed by atoms with Crippen molar-refractivity contribution in [3.8, 4) is 0 Å². The summed E-state index contributed by atoms with van der Waals surface area (Å²) in [6.45, 7) is 1.66. The van der Waals surface area contributed by atoms with E-state index in [0.717, 1.165) is 12.1 Å². The van der Waals surface area contributed by atoms with Crippen molar-refractivity contribution in [3.05, 3.63) is 64.2 Å². The summed E-state index contributed by atoms with van der Waals surface area (Å²) in [5.74, 6) is -4.67. The molecule has 1 atom stereocenters. The summed E-state index contributed by atoms with van der Waals surface area (Å²) in [6.07, 6.45) is 0. The number of hydrogen-bond acceptors (Lipinski definition) is 1. The molecule has 20 heavy (non-hydrogen) atoms. The van der Waals surface area contributed by atoms with Crippen LogP contribution in [0.3, 0.4) is 0 Å². The van der Waals surface area contributed by atoms with Crippen molar-refractivity contribution in [1.29, 1.82) is 0 Å². The Morgan fingerprint density at radius 3 is 2.25 bits per heavy atom. The van der Waals surface area contributed by atoms with E-state index < -0.39 is 29.3 Å². The zero-order valence-corrected chi connectivity index (χ0v) is 11.1. The highest BCUT2D eigenvalue weighted by molar-refractivity contribution is 6.30. The highest BCUT2D eigenvalue weighted by Gasteiger charge is 2.16. The Bertz CT molecular complexity index is 645. The molecule has 0 amide bonds. The normalized spacial score (nSPS) is 12.3. The number of hydrogen-bond donors (Lipinski definition) is 1. The third-order valence-electron chi connectivity index (χ3n) is 2.85. The third kappa shape index (κ3) is 2.88. The Morgan fingerprint density at radius 2 is 1.60 bits per heavy atom. The van der Waals surface area contributed by atoms with Crippen molar-refractivity contribution >= 4 is 17.3 Å². The molecule has 2 rings (SSSR count). The minimum atomic E-state index is -1.54. The molecule has 0 aliphatic rings. The van der Waals surface area contributed by atoms with Crippen LogP contribution in [-0.2, 0) is 0 Å². The fourth-order valence-electron chi connectivity index (χ4n) is 1.74. The molecule has 2 aromatic carbocycles. The lowest BCUT2D eigenvalue weighted by Gasteiger charge is -2.17. The summed E-state index contributed by atoms with van der Waals surface area (Å²) in [6, 6.07) is 5.48. The Labute approximate surface area is 118 Å². The van der Waals surface area contributed by atoms with Crippen LogP contribution in [0.15, 0.2) is 30.3 Å². The van der Waals surface area contributed by atoms with Gasteiger partial charge in [-0.2, -0.15) is 0 Å². The van der Waals surface area contributed by atoms with Crippen LogP contribution < -0.4 is 5.32 Å². The number of anilines is 1. The molecule has 1 N–H and O–H groups in total. The van der Waals surface area contributed by atoms with Crippen molar-refractivity contribution < 1.29 is 17.6 Å². The number of benzene rings is 2. The Balaban J connectivity index is 2.25. The van der Waals surface area contributed by atoms with Gasteiger partial charge in [-0.3, -0.25) is 0 Å². The van der Waals surface area contributed by atoms with Gasteiger partial charge >= 0.3 is 0 Å². The van der Waals surface area contributed by atoms with E-state index in [0.29, 0.717) is 5.56 Å². The molecule has 0 saturated heterocycles. The monoisotopic (exact) mass is 303 g/mol. The van der Waals surface area contributed by atoms with Crippen LogP contribution in [0, 0.1) is 23.3 Å². The summed E-state index contributed by atoms with van der Waals surface area (Å²) in [5.41, 5.74) is 0.400. The van der Waals surface area contributed by atoms with Gasteiger partial charge in [0.05, 0.1) is 10.7 Å². The highest BCUT2D eigenvalue weighted by Crippen LogP contribution is 2.26. The molecule has 0 fully saturated rings. The molecule has 106 valence electrons. The fourth-order valence-corrected chi connectivity index (χ4v) is 1.92. The molecule has 0 aliphatic heterocycles. The van der Waals surface area contributed by atoms with Crippen LogP contribution in [0.5, 0.6) is 0 Å². The minimum Gasteiger partial charge on any atom is -0.376 e. The summed E-state index contributed by atoms with van der Waals surface area (Å²) < 4.78 is 52.5. The van der Waals surface area contributed by atoms with Gasteiger partial charge in [-0.1, -0.05) is 17.7 Å². The van der Waals surface area contributed by atoms with Crippen molar-refractivity contribution in [3.63, 3.8) is 0 Å². The Morgan fingerprint density at radius 1 is 0.950 bits per heavy atom. The Hall–Kier alpha value is -1.75. The predicted molar refractivity (Wildman–Crippen MR) is 69.8 cm³/mol. The van der Waals surface area contributed by atoms with E-state index in [1.807, 2.05) is 0 Å². The second-order valence-corrected chi connectivity index (χ2v) is 4.67. The third-order valence-corrected chi connectivity index (χ3v) is 3.14. The van der Waals surface area contributed by atoms with Crippen molar-refractivity contribution in [2.24, 2.45) is 0 Å². The van der Waals surface area contributed by atoms with E-state index in [-0.39, 0.29) is 10.7 Å². The fraction of sp³-hybridized carbons (Fsp3) is 0.143. The highest BCUT2D eigenvalue weighted by atomic mass is 35.5. The van der Waals surface area contributed by atoms with Gasteiger partial charge in [0.1, 0.15) is 5.82 Å². The first-order valence-electron chi connectivity index (χ1n) is 5.75. The number of nitrogens with one attached hydrogen (secondary N) is 1. The van der Waals surface area contributed by atoms with Crippen molar-refractivity contribution in [1.82, 2.24) is 0 Å². The topological polar surface area (TPSA) is 12.0 Å².